The first-order chi connectivity index (χ1) is 17.1. The van der Waals surface area contributed by atoms with Gasteiger partial charge < -0.3 is 14.2 Å². The van der Waals surface area contributed by atoms with E-state index in [0.717, 1.165) is 4.34 Å². The quantitative estimate of drug-likeness (QED) is 0.144. The lowest BCUT2D eigenvalue weighted by Gasteiger charge is -2.15. The summed E-state index contributed by atoms with van der Waals surface area (Å²) in [7, 11) is 4.66. The minimum Gasteiger partial charge on any atom is -0.493 e. The molecule has 2 aromatic carbocycles. The number of thioether (sulfide) groups is 1. The Kier molecular flexibility index (Phi) is 8.13. The van der Waals surface area contributed by atoms with Crippen LogP contribution < -0.4 is 14.2 Å². The SMILES string of the molecule is COc1cc(-c2nc(SCc3cccc(C)c3)nc(Sc3nccs3)c2C#N)cc(OC)c1OC. The van der Waals surface area contributed by atoms with Gasteiger partial charge in [0.15, 0.2) is 21.0 Å². The topological polar surface area (TPSA) is 90.2 Å². The average Bonchev–Trinajstić information content (AvgIpc) is 3.39. The number of aryl methyl sites for hydroxylation is 1. The van der Waals surface area contributed by atoms with E-state index in [1.54, 1.807) is 39.7 Å². The molecule has 0 aliphatic heterocycles. The maximum Gasteiger partial charge on any atom is 0.203 e. The second-order valence-corrected chi connectivity index (χ2v) is 10.3. The van der Waals surface area contributed by atoms with Crippen molar-refractivity contribution < 1.29 is 14.2 Å². The Labute approximate surface area is 216 Å². The van der Waals surface area contributed by atoms with Gasteiger partial charge in [-0.15, -0.1) is 11.3 Å². The molecule has 0 radical (unpaired) electrons. The third-order valence-electron chi connectivity index (χ3n) is 4.95. The van der Waals surface area contributed by atoms with E-state index in [1.807, 2.05) is 11.4 Å². The summed E-state index contributed by atoms with van der Waals surface area (Å²) in [6.45, 7) is 2.07. The first-order valence-electron chi connectivity index (χ1n) is 10.4. The number of nitriles is 1. The fourth-order valence-electron chi connectivity index (χ4n) is 3.38. The molecule has 0 bridgehead atoms. The molecule has 0 N–H and O–H groups in total. The average molecular weight is 523 g/mol. The fourth-order valence-corrected chi connectivity index (χ4v) is 5.84. The second-order valence-electron chi connectivity index (χ2n) is 7.24. The Morgan fingerprint density at radius 2 is 1.80 bits per heavy atom. The van der Waals surface area contributed by atoms with Crippen molar-refractivity contribution in [3.05, 3.63) is 64.7 Å². The maximum atomic E-state index is 10.1. The van der Waals surface area contributed by atoms with E-state index in [9.17, 15) is 5.26 Å². The van der Waals surface area contributed by atoms with Gasteiger partial charge in [0, 0.05) is 22.9 Å². The van der Waals surface area contributed by atoms with Crippen molar-refractivity contribution in [3.8, 4) is 34.6 Å². The summed E-state index contributed by atoms with van der Waals surface area (Å²) in [4.78, 5) is 13.9. The number of benzene rings is 2. The number of aromatic nitrogens is 3. The molecule has 0 saturated carbocycles. The maximum absolute atomic E-state index is 10.1. The van der Waals surface area contributed by atoms with Gasteiger partial charge in [0.1, 0.15) is 16.7 Å². The first-order valence-corrected chi connectivity index (χ1v) is 13.1. The predicted molar refractivity (Wildman–Crippen MR) is 139 cm³/mol. The zero-order valence-corrected chi connectivity index (χ0v) is 22.0. The van der Waals surface area contributed by atoms with Crippen LogP contribution in [0.25, 0.3) is 11.3 Å². The van der Waals surface area contributed by atoms with Crippen molar-refractivity contribution in [3.63, 3.8) is 0 Å². The van der Waals surface area contributed by atoms with Gasteiger partial charge in [0.25, 0.3) is 0 Å². The van der Waals surface area contributed by atoms with E-state index in [4.69, 9.17) is 24.2 Å². The Hall–Kier alpha value is -3.26. The minimum atomic E-state index is 0.361. The van der Waals surface area contributed by atoms with E-state index in [2.05, 4.69) is 36.2 Å². The van der Waals surface area contributed by atoms with E-state index in [-0.39, 0.29) is 0 Å². The van der Waals surface area contributed by atoms with Crippen molar-refractivity contribution in [1.29, 1.82) is 5.26 Å². The Morgan fingerprint density at radius 1 is 1.03 bits per heavy atom. The lowest BCUT2D eigenvalue weighted by molar-refractivity contribution is 0.324. The van der Waals surface area contributed by atoms with E-state index in [0.29, 0.717) is 50.0 Å². The molecule has 4 aromatic rings. The van der Waals surface area contributed by atoms with E-state index < -0.39 is 0 Å². The zero-order chi connectivity index (χ0) is 24.8. The van der Waals surface area contributed by atoms with E-state index in [1.165, 1.54) is 46.0 Å². The molecule has 0 unspecified atom stereocenters. The minimum absolute atomic E-state index is 0.361. The van der Waals surface area contributed by atoms with Gasteiger partial charge in [0.05, 0.1) is 27.0 Å². The van der Waals surface area contributed by atoms with Crippen LogP contribution in [0.4, 0.5) is 0 Å². The van der Waals surface area contributed by atoms with Gasteiger partial charge in [-0.2, -0.15) is 5.26 Å². The number of thiazole rings is 1. The number of nitrogens with zero attached hydrogens (tertiary/aromatic N) is 4. The first kappa shape index (κ1) is 24.9. The highest BCUT2D eigenvalue weighted by Gasteiger charge is 2.22. The Balaban J connectivity index is 1.83. The van der Waals surface area contributed by atoms with Gasteiger partial charge in [-0.1, -0.05) is 41.6 Å². The molecule has 7 nitrogen and oxygen atoms in total. The summed E-state index contributed by atoms with van der Waals surface area (Å²) < 4.78 is 17.3. The number of hydrogen-bond acceptors (Lipinski definition) is 10. The molecule has 2 heterocycles. The van der Waals surface area contributed by atoms with Crippen LogP contribution >= 0.6 is 34.9 Å². The number of rotatable bonds is 9. The fraction of sp³-hybridized carbons (Fsp3) is 0.200. The van der Waals surface area contributed by atoms with Crippen molar-refractivity contribution in [1.82, 2.24) is 15.0 Å². The van der Waals surface area contributed by atoms with Gasteiger partial charge in [-0.25, -0.2) is 15.0 Å². The molecular weight excluding hydrogens is 501 g/mol. The lowest BCUT2D eigenvalue weighted by atomic mass is 10.1. The third kappa shape index (κ3) is 5.70. The molecule has 0 aliphatic carbocycles. The van der Waals surface area contributed by atoms with Crippen molar-refractivity contribution in [2.24, 2.45) is 0 Å². The number of methoxy groups -OCH3 is 3. The molecule has 0 spiro atoms. The van der Waals surface area contributed by atoms with Crippen LogP contribution in [0.3, 0.4) is 0 Å². The normalized spacial score (nSPS) is 10.6. The van der Waals surface area contributed by atoms with Crippen molar-refractivity contribution in [2.75, 3.05) is 21.3 Å². The van der Waals surface area contributed by atoms with Gasteiger partial charge >= 0.3 is 0 Å². The van der Waals surface area contributed by atoms with Crippen LogP contribution in [0, 0.1) is 18.3 Å². The highest BCUT2D eigenvalue weighted by molar-refractivity contribution is 8.01. The summed E-state index contributed by atoms with van der Waals surface area (Å²) in [6.07, 6.45) is 1.73. The highest BCUT2D eigenvalue weighted by atomic mass is 32.2. The molecule has 2 aromatic heterocycles. The van der Waals surface area contributed by atoms with Gasteiger partial charge in [-0.3, -0.25) is 0 Å². The molecule has 10 heteroatoms. The molecule has 0 fully saturated rings. The summed E-state index contributed by atoms with van der Waals surface area (Å²) >= 11 is 4.36. The number of ether oxygens (including phenoxy) is 3. The summed E-state index contributed by atoms with van der Waals surface area (Å²) in [5, 5.41) is 13.1. The largest absolute Gasteiger partial charge is 0.493 e. The standard InChI is InChI=1S/C25H22N4O3S3/c1-15-6-5-7-16(10-15)14-34-24-28-21(17-11-19(30-2)22(32-4)20(12-17)31-3)18(13-26)23(29-24)35-25-27-8-9-33-25/h5-12H,14H2,1-4H3. The van der Waals surface area contributed by atoms with Crippen LogP contribution in [0.2, 0.25) is 0 Å². The van der Waals surface area contributed by atoms with Gasteiger partial charge in [-0.05, 0) is 36.4 Å². The number of hydrogen-bond donors (Lipinski definition) is 0. The molecule has 0 saturated heterocycles. The molecule has 178 valence electrons. The molecular formula is C25H22N4O3S3. The van der Waals surface area contributed by atoms with Crippen molar-refractivity contribution >= 4 is 34.9 Å². The summed E-state index contributed by atoms with van der Waals surface area (Å²) in [6, 6.07) is 14.2. The highest BCUT2D eigenvalue weighted by Crippen LogP contribution is 2.43. The third-order valence-corrected chi connectivity index (χ3v) is 7.74. The molecule has 0 atom stereocenters. The molecule has 0 aliphatic rings. The monoisotopic (exact) mass is 522 g/mol. The Morgan fingerprint density at radius 3 is 2.40 bits per heavy atom. The molecule has 0 amide bonds. The zero-order valence-electron chi connectivity index (χ0n) is 19.6. The van der Waals surface area contributed by atoms with Crippen LogP contribution in [0.1, 0.15) is 16.7 Å². The van der Waals surface area contributed by atoms with E-state index >= 15 is 0 Å². The van der Waals surface area contributed by atoms with Crippen LogP contribution in [-0.2, 0) is 5.75 Å². The van der Waals surface area contributed by atoms with Crippen LogP contribution in [-0.4, -0.2) is 36.3 Å². The summed E-state index contributed by atoms with van der Waals surface area (Å²) in [5.41, 5.74) is 3.89. The lowest BCUT2D eigenvalue weighted by Crippen LogP contribution is -2.01. The van der Waals surface area contributed by atoms with Crippen molar-refractivity contribution in [2.45, 2.75) is 27.2 Å². The molecule has 35 heavy (non-hydrogen) atoms. The van der Waals surface area contributed by atoms with Gasteiger partial charge in [0.2, 0.25) is 5.75 Å². The smallest absolute Gasteiger partial charge is 0.203 e. The van der Waals surface area contributed by atoms with Crippen LogP contribution in [0.5, 0.6) is 17.2 Å². The second kappa shape index (κ2) is 11.4. The predicted octanol–water partition coefficient (Wildman–Crippen LogP) is 6.25. The summed E-state index contributed by atoms with van der Waals surface area (Å²) in [5.74, 6) is 2.13. The Bertz CT molecular complexity index is 1350. The van der Waals surface area contributed by atoms with Crippen LogP contribution in [0.15, 0.2) is 62.5 Å². The molecule has 4 rings (SSSR count).